The standard InChI is InChI=1S/C16H21N3O3S2/c1-4-14(16-17-9-10-23-16)18-15(20)11-19(24(3,21)22)13-7-5-12(2)6-8-13/h5-10,14H,4,11H2,1-3H3,(H,18,20)/t14-/m1/s1. The molecule has 0 unspecified atom stereocenters. The van der Waals surface area contributed by atoms with Crippen LogP contribution < -0.4 is 9.62 Å². The highest BCUT2D eigenvalue weighted by atomic mass is 32.2. The van der Waals surface area contributed by atoms with Gasteiger partial charge in [-0.3, -0.25) is 9.10 Å². The SMILES string of the molecule is CC[C@@H](NC(=O)CN(c1ccc(C)cc1)S(C)(=O)=O)c1nccs1. The van der Waals surface area contributed by atoms with E-state index in [0.717, 1.165) is 21.1 Å². The van der Waals surface area contributed by atoms with Gasteiger partial charge in [-0.05, 0) is 25.5 Å². The Bertz CT molecular complexity index is 771. The minimum atomic E-state index is -3.56. The minimum Gasteiger partial charge on any atom is -0.345 e. The third kappa shape index (κ3) is 4.78. The molecule has 0 aliphatic carbocycles. The number of hydrogen-bond donors (Lipinski definition) is 1. The van der Waals surface area contributed by atoms with Crippen molar-refractivity contribution < 1.29 is 13.2 Å². The number of sulfonamides is 1. The Morgan fingerprint density at radius 2 is 2.00 bits per heavy atom. The van der Waals surface area contributed by atoms with E-state index < -0.39 is 10.0 Å². The van der Waals surface area contributed by atoms with Crippen molar-refractivity contribution in [2.24, 2.45) is 0 Å². The Hall–Kier alpha value is -1.93. The van der Waals surface area contributed by atoms with Crippen LogP contribution in [0.3, 0.4) is 0 Å². The molecule has 0 bridgehead atoms. The van der Waals surface area contributed by atoms with Crippen molar-refractivity contribution in [3.8, 4) is 0 Å². The highest BCUT2D eigenvalue weighted by molar-refractivity contribution is 7.92. The van der Waals surface area contributed by atoms with Gasteiger partial charge < -0.3 is 5.32 Å². The number of aryl methyl sites for hydroxylation is 1. The molecule has 130 valence electrons. The molecule has 2 aromatic rings. The summed E-state index contributed by atoms with van der Waals surface area (Å²) in [5.74, 6) is -0.358. The maximum Gasteiger partial charge on any atom is 0.241 e. The smallest absolute Gasteiger partial charge is 0.241 e. The van der Waals surface area contributed by atoms with Gasteiger partial charge in [0.05, 0.1) is 18.0 Å². The third-order valence-electron chi connectivity index (χ3n) is 3.50. The van der Waals surface area contributed by atoms with Crippen molar-refractivity contribution in [2.45, 2.75) is 26.3 Å². The Balaban J connectivity index is 2.14. The van der Waals surface area contributed by atoms with Crippen LogP contribution in [-0.2, 0) is 14.8 Å². The van der Waals surface area contributed by atoms with Crippen LogP contribution in [-0.4, -0.2) is 32.1 Å². The Labute approximate surface area is 146 Å². The molecule has 0 saturated heterocycles. The lowest BCUT2D eigenvalue weighted by molar-refractivity contribution is -0.120. The molecule has 1 atom stereocenters. The summed E-state index contributed by atoms with van der Waals surface area (Å²) < 4.78 is 25.3. The number of nitrogens with one attached hydrogen (secondary N) is 1. The number of amides is 1. The van der Waals surface area contributed by atoms with Crippen LogP contribution in [0.4, 0.5) is 5.69 Å². The molecule has 0 spiro atoms. The van der Waals surface area contributed by atoms with Crippen LogP contribution in [0.5, 0.6) is 0 Å². The van der Waals surface area contributed by atoms with Crippen molar-refractivity contribution in [1.29, 1.82) is 0 Å². The van der Waals surface area contributed by atoms with E-state index in [-0.39, 0.29) is 18.5 Å². The summed E-state index contributed by atoms with van der Waals surface area (Å²) in [6.07, 6.45) is 3.46. The maximum atomic E-state index is 12.4. The zero-order chi connectivity index (χ0) is 17.7. The molecule has 0 aliphatic heterocycles. The number of anilines is 1. The van der Waals surface area contributed by atoms with Crippen LogP contribution in [0.15, 0.2) is 35.8 Å². The predicted octanol–water partition coefficient (Wildman–Crippen LogP) is 2.49. The van der Waals surface area contributed by atoms with E-state index in [9.17, 15) is 13.2 Å². The van der Waals surface area contributed by atoms with E-state index in [1.165, 1.54) is 11.3 Å². The molecule has 24 heavy (non-hydrogen) atoms. The number of hydrogen-bond acceptors (Lipinski definition) is 5. The van der Waals surface area contributed by atoms with Crippen LogP contribution >= 0.6 is 11.3 Å². The monoisotopic (exact) mass is 367 g/mol. The van der Waals surface area contributed by atoms with E-state index >= 15 is 0 Å². The summed E-state index contributed by atoms with van der Waals surface area (Å²) in [7, 11) is -3.56. The zero-order valence-corrected chi connectivity index (χ0v) is 15.5. The number of thiazole rings is 1. The lowest BCUT2D eigenvalue weighted by atomic mass is 10.2. The molecule has 2 rings (SSSR count). The summed E-state index contributed by atoms with van der Waals surface area (Å²) >= 11 is 1.46. The molecule has 1 aromatic heterocycles. The maximum absolute atomic E-state index is 12.4. The van der Waals surface area contributed by atoms with E-state index in [4.69, 9.17) is 0 Å². The molecule has 1 N–H and O–H groups in total. The summed E-state index contributed by atoms with van der Waals surface area (Å²) in [6.45, 7) is 3.60. The van der Waals surface area contributed by atoms with E-state index in [2.05, 4.69) is 10.3 Å². The molecule has 0 radical (unpaired) electrons. The number of carbonyl (C=O) groups excluding carboxylic acids is 1. The second-order valence-electron chi connectivity index (χ2n) is 5.50. The van der Waals surface area contributed by atoms with Crippen molar-refractivity contribution in [1.82, 2.24) is 10.3 Å². The number of aromatic nitrogens is 1. The van der Waals surface area contributed by atoms with E-state index in [0.29, 0.717) is 12.1 Å². The fourth-order valence-corrected chi connectivity index (χ4v) is 3.86. The van der Waals surface area contributed by atoms with Crippen molar-refractivity contribution in [3.05, 3.63) is 46.4 Å². The quantitative estimate of drug-likeness (QED) is 0.815. The van der Waals surface area contributed by atoms with Crippen LogP contribution in [0.1, 0.15) is 30.0 Å². The topological polar surface area (TPSA) is 79.4 Å². The number of carbonyl (C=O) groups is 1. The van der Waals surface area contributed by atoms with Gasteiger partial charge in [0.15, 0.2) is 0 Å². The first-order valence-electron chi connectivity index (χ1n) is 7.54. The first kappa shape index (κ1) is 18.4. The Morgan fingerprint density at radius 3 is 2.50 bits per heavy atom. The second kappa shape index (κ2) is 7.76. The highest BCUT2D eigenvalue weighted by Crippen LogP contribution is 2.20. The zero-order valence-electron chi connectivity index (χ0n) is 13.9. The lowest BCUT2D eigenvalue weighted by Crippen LogP contribution is -2.41. The minimum absolute atomic E-state index is 0.211. The number of benzene rings is 1. The molecule has 0 fully saturated rings. The van der Waals surface area contributed by atoms with Gasteiger partial charge in [0.1, 0.15) is 11.6 Å². The van der Waals surface area contributed by atoms with Gasteiger partial charge in [0, 0.05) is 11.6 Å². The summed E-state index contributed by atoms with van der Waals surface area (Å²) in [6, 6.07) is 6.81. The van der Waals surface area contributed by atoms with Gasteiger partial charge in [-0.1, -0.05) is 24.6 Å². The van der Waals surface area contributed by atoms with Gasteiger partial charge in [-0.25, -0.2) is 13.4 Å². The van der Waals surface area contributed by atoms with Gasteiger partial charge in [-0.15, -0.1) is 11.3 Å². The molecule has 6 nitrogen and oxygen atoms in total. The normalized spacial score (nSPS) is 12.6. The fraction of sp³-hybridized carbons (Fsp3) is 0.375. The fourth-order valence-electron chi connectivity index (χ4n) is 2.23. The predicted molar refractivity (Wildman–Crippen MR) is 96.7 cm³/mol. The molecular formula is C16H21N3O3S2. The number of nitrogens with zero attached hydrogens (tertiary/aromatic N) is 2. The van der Waals surface area contributed by atoms with Crippen molar-refractivity contribution >= 4 is 33.0 Å². The van der Waals surface area contributed by atoms with E-state index in [1.54, 1.807) is 18.3 Å². The molecule has 1 heterocycles. The summed E-state index contributed by atoms with van der Waals surface area (Å²) in [5, 5.41) is 5.51. The molecule has 0 saturated carbocycles. The molecular weight excluding hydrogens is 346 g/mol. The molecule has 8 heteroatoms. The number of rotatable bonds is 7. The van der Waals surface area contributed by atoms with Crippen LogP contribution in [0.25, 0.3) is 0 Å². The van der Waals surface area contributed by atoms with Crippen LogP contribution in [0, 0.1) is 6.92 Å². The molecule has 1 aromatic carbocycles. The van der Waals surface area contributed by atoms with Gasteiger partial charge >= 0.3 is 0 Å². The van der Waals surface area contributed by atoms with Crippen LogP contribution in [0.2, 0.25) is 0 Å². The van der Waals surface area contributed by atoms with Gasteiger partial charge in [-0.2, -0.15) is 0 Å². The summed E-state index contributed by atoms with van der Waals surface area (Å²) in [4.78, 5) is 16.6. The van der Waals surface area contributed by atoms with Crippen molar-refractivity contribution in [2.75, 3.05) is 17.1 Å². The Kier molecular flexibility index (Phi) is 5.95. The second-order valence-corrected chi connectivity index (χ2v) is 8.34. The average Bonchev–Trinajstić information content (AvgIpc) is 3.04. The van der Waals surface area contributed by atoms with E-state index in [1.807, 2.05) is 31.4 Å². The molecule has 0 aliphatic rings. The largest absolute Gasteiger partial charge is 0.345 e. The first-order chi connectivity index (χ1) is 11.3. The van der Waals surface area contributed by atoms with Gasteiger partial charge in [0.2, 0.25) is 15.9 Å². The first-order valence-corrected chi connectivity index (χ1v) is 10.3. The average molecular weight is 367 g/mol. The Morgan fingerprint density at radius 1 is 1.33 bits per heavy atom. The lowest BCUT2D eigenvalue weighted by Gasteiger charge is -2.23. The van der Waals surface area contributed by atoms with Crippen molar-refractivity contribution in [3.63, 3.8) is 0 Å². The highest BCUT2D eigenvalue weighted by Gasteiger charge is 2.23. The molecule has 1 amide bonds. The summed E-state index contributed by atoms with van der Waals surface area (Å²) in [5.41, 5.74) is 1.49. The van der Waals surface area contributed by atoms with Gasteiger partial charge in [0.25, 0.3) is 0 Å². The third-order valence-corrected chi connectivity index (χ3v) is 5.53.